The fourth-order valence-electron chi connectivity index (χ4n) is 2.67. The molecule has 0 aliphatic carbocycles. The summed E-state index contributed by atoms with van der Waals surface area (Å²) in [5, 5.41) is 5.85. The molecule has 28 heavy (non-hydrogen) atoms. The minimum absolute atomic E-state index is 0.0408. The first-order chi connectivity index (χ1) is 13.5. The van der Waals surface area contributed by atoms with E-state index in [1.165, 1.54) is 17.8 Å². The summed E-state index contributed by atoms with van der Waals surface area (Å²) in [5.74, 6) is -0.0408. The number of urea groups is 1. The second-order valence-corrected chi connectivity index (χ2v) is 6.18. The summed E-state index contributed by atoms with van der Waals surface area (Å²) in [6.07, 6.45) is 1.46. The van der Waals surface area contributed by atoms with Crippen molar-refractivity contribution >= 4 is 34.1 Å². The van der Waals surface area contributed by atoms with Crippen molar-refractivity contribution in [1.29, 1.82) is 0 Å². The van der Waals surface area contributed by atoms with Crippen LogP contribution in [0, 0.1) is 0 Å². The largest absolute Gasteiger partial charge is 0.383 e. The summed E-state index contributed by atoms with van der Waals surface area (Å²) in [4.78, 5) is 40.2. The summed E-state index contributed by atoms with van der Waals surface area (Å²) in [6, 6.07) is 11.1. The minimum atomic E-state index is -0.441. The molecule has 0 radical (unpaired) electrons. The number of nitrogens with zero attached hydrogens (tertiary/aromatic N) is 2. The van der Waals surface area contributed by atoms with Gasteiger partial charge in [-0.05, 0) is 49.4 Å². The lowest BCUT2D eigenvalue weighted by atomic mass is 10.1. The fraction of sp³-hybridized carbons (Fsp3) is 0.200. The molecule has 0 bridgehead atoms. The van der Waals surface area contributed by atoms with Gasteiger partial charge in [0.25, 0.3) is 5.56 Å². The van der Waals surface area contributed by atoms with Gasteiger partial charge in [-0.1, -0.05) is 0 Å². The van der Waals surface area contributed by atoms with Crippen LogP contribution in [-0.4, -0.2) is 35.1 Å². The quantitative estimate of drug-likeness (QED) is 0.640. The maximum atomic E-state index is 12.4. The molecular weight excluding hydrogens is 360 g/mol. The van der Waals surface area contributed by atoms with Crippen molar-refractivity contribution in [1.82, 2.24) is 9.55 Å². The number of fused-ring (bicyclic) bond motifs is 1. The number of carbonyl (C=O) groups is 2. The standard InChI is InChI=1S/C20H20N4O4/c1-13(25)14-3-5-15(6-4-14)22-20(27)23-16-7-8-17-18(11-16)21-12-24(19(17)26)9-10-28-2/h3-8,11-12H,9-10H2,1-2H3,(H2,22,23,27). The molecule has 2 aromatic carbocycles. The molecule has 2 amide bonds. The van der Waals surface area contributed by atoms with Gasteiger partial charge in [-0.25, -0.2) is 9.78 Å². The smallest absolute Gasteiger partial charge is 0.323 e. The van der Waals surface area contributed by atoms with Crippen molar-refractivity contribution in [2.75, 3.05) is 24.4 Å². The van der Waals surface area contributed by atoms with E-state index in [1.54, 1.807) is 49.6 Å². The van der Waals surface area contributed by atoms with Gasteiger partial charge in [0.2, 0.25) is 0 Å². The molecule has 0 fully saturated rings. The van der Waals surface area contributed by atoms with Crippen LogP contribution in [0.15, 0.2) is 53.6 Å². The van der Waals surface area contributed by atoms with Gasteiger partial charge in [-0.15, -0.1) is 0 Å². The Labute approximate surface area is 161 Å². The van der Waals surface area contributed by atoms with Crippen LogP contribution in [0.2, 0.25) is 0 Å². The molecule has 0 saturated carbocycles. The summed E-state index contributed by atoms with van der Waals surface area (Å²) >= 11 is 0. The lowest BCUT2D eigenvalue weighted by Crippen LogP contribution is -2.23. The summed E-state index contributed by atoms with van der Waals surface area (Å²) < 4.78 is 6.47. The van der Waals surface area contributed by atoms with Crippen LogP contribution in [0.3, 0.4) is 0 Å². The molecule has 144 valence electrons. The number of aromatic nitrogens is 2. The normalized spacial score (nSPS) is 10.6. The maximum absolute atomic E-state index is 12.4. The van der Waals surface area contributed by atoms with Gasteiger partial charge in [0.15, 0.2) is 5.78 Å². The number of anilines is 2. The number of hydrogen-bond acceptors (Lipinski definition) is 5. The number of methoxy groups -OCH3 is 1. The summed E-state index contributed by atoms with van der Waals surface area (Å²) in [5.41, 5.74) is 1.96. The van der Waals surface area contributed by atoms with Crippen LogP contribution in [-0.2, 0) is 11.3 Å². The van der Waals surface area contributed by atoms with Gasteiger partial charge in [0.1, 0.15) is 0 Å². The molecule has 0 aliphatic rings. The fourth-order valence-corrected chi connectivity index (χ4v) is 2.67. The van der Waals surface area contributed by atoms with E-state index in [9.17, 15) is 14.4 Å². The number of hydrogen-bond donors (Lipinski definition) is 2. The molecule has 1 heterocycles. The molecule has 2 N–H and O–H groups in total. The number of rotatable bonds is 6. The third kappa shape index (κ3) is 4.41. The molecule has 1 aromatic heterocycles. The minimum Gasteiger partial charge on any atom is -0.383 e. The van der Waals surface area contributed by atoms with E-state index in [0.717, 1.165) is 0 Å². The van der Waals surface area contributed by atoms with E-state index in [1.807, 2.05) is 0 Å². The average Bonchev–Trinajstić information content (AvgIpc) is 2.68. The van der Waals surface area contributed by atoms with Gasteiger partial charge in [-0.3, -0.25) is 14.2 Å². The highest BCUT2D eigenvalue weighted by molar-refractivity contribution is 6.01. The Kier molecular flexibility index (Phi) is 5.81. The van der Waals surface area contributed by atoms with E-state index in [4.69, 9.17) is 4.74 Å². The molecule has 8 nitrogen and oxygen atoms in total. The van der Waals surface area contributed by atoms with E-state index in [2.05, 4.69) is 15.6 Å². The van der Waals surface area contributed by atoms with Crippen LogP contribution >= 0.6 is 0 Å². The Morgan fingerprint density at radius 3 is 2.43 bits per heavy atom. The molecule has 3 aromatic rings. The van der Waals surface area contributed by atoms with Gasteiger partial charge >= 0.3 is 6.03 Å². The van der Waals surface area contributed by atoms with Crippen molar-refractivity contribution in [3.63, 3.8) is 0 Å². The van der Waals surface area contributed by atoms with E-state index >= 15 is 0 Å². The topological polar surface area (TPSA) is 102 Å². The Hall–Kier alpha value is -3.52. The molecule has 0 unspecified atom stereocenters. The predicted octanol–water partition coefficient (Wildman–Crippen LogP) is 2.89. The van der Waals surface area contributed by atoms with Crippen LogP contribution in [0.25, 0.3) is 10.9 Å². The lowest BCUT2D eigenvalue weighted by Gasteiger charge is -2.10. The summed E-state index contributed by atoms with van der Waals surface area (Å²) in [6.45, 7) is 2.32. The van der Waals surface area contributed by atoms with E-state index in [-0.39, 0.29) is 11.3 Å². The molecule has 0 atom stereocenters. The Morgan fingerprint density at radius 1 is 1.07 bits per heavy atom. The van der Waals surface area contributed by atoms with Crippen LogP contribution in [0.5, 0.6) is 0 Å². The van der Waals surface area contributed by atoms with E-state index in [0.29, 0.717) is 41.0 Å². The molecule has 0 spiro atoms. The van der Waals surface area contributed by atoms with Crippen molar-refractivity contribution in [3.8, 4) is 0 Å². The first kappa shape index (κ1) is 19.2. The van der Waals surface area contributed by atoms with Crippen molar-refractivity contribution in [3.05, 3.63) is 64.7 Å². The zero-order chi connectivity index (χ0) is 20.1. The van der Waals surface area contributed by atoms with Crippen molar-refractivity contribution in [2.24, 2.45) is 0 Å². The summed E-state index contributed by atoms with van der Waals surface area (Å²) in [7, 11) is 1.57. The number of amides is 2. The Morgan fingerprint density at radius 2 is 1.75 bits per heavy atom. The first-order valence-electron chi connectivity index (χ1n) is 8.65. The third-order valence-corrected chi connectivity index (χ3v) is 4.17. The van der Waals surface area contributed by atoms with Crippen LogP contribution in [0.4, 0.5) is 16.2 Å². The maximum Gasteiger partial charge on any atom is 0.323 e. The average molecular weight is 380 g/mol. The number of carbonyl (C=O) groups excluding carboxylic acids is 2. The highest BCUT2D eigenvalue weighted by Crippen LogP contribution is 2.16. The van der Waals surface area contributed by atoms with Gasteiger partial charge in [0.05, 0.1) is 30.4 Å². The van der Waals surface area contributed by atoms with Gasteiger partial charge in [0, 0.05) is 24.0 Å². The van der Waals surface area contributed by atoms with Crippen LogP contribution < -0.4 is 16.2 Å². The monoisotopic (exact) mass is 380 g/mol. The predicted molar refractivity (Wildman–Crippen MR) is 107 cm³/mol. The van der Waals surface area contributed by atoms with Crippen LogP contribution in [0.1, 0.15) is 17.3 Å². The first-order valence-corrected chi connectivity index (χ1v) is 8.65. The Balaban J connectivity index is 1.72. The van der Waals surface area contributed by atoms with Crippen molar-refractivity contribution in [2.45, 2.75) is 13.5 Å². The van der Waals surface area contributed by atoms with Gasteiger partial charge in [-0.2, -0.15) is 0 Å². The van der Waals surface area contributed by atoms with E-state index < -0.39 is 6.03 Å². The molecule has 0 aliphatic heterocycles. The van der Waals surface area contributed by atoms with Gasteiger partial charge < -0.3 is 15.4 Å². The lowest BCUT2D eigenvalue weighted by molar-refractivity contribution is 0.101. The highest BCUT2D eigenvalue weighted by atomic mass is 16.5. The molecular formula is C20H20N4O4. The third-order valence-electron chi connectivity index (χ3n) is 4.17. The second-order valence-electron chi connectivity index (χ2n) is 6.18. The number of ether oxygens (including phenoxy) is 1. The molecule has 0 saturated heterocycles. The zero-order valence-corrected chi connectivity index (χ0v) is 15.6. The number of ketones is 1. The molecule has 3 rings (SSSR count). The zero-order valence-electron chi connectivity index (χ0n) is 15.6. The second kappa shape index (κ2) is 8.45. The number of nitrogens with one attached hydrogen (secondary N) is 2. The highest BCUT2D eigenvalue weighted by Gasteiger charge is 2.08. The number of benzene rings is 2. The SMILES string of the molecule is COCCn1cnc2cc(NC(=O)Nc3ccc(C(C)=O)cc3)ccc2c1=O. The molecule has 8 heteroatoms. The Bertz CT molecular complexity index is 1070. The van der Waals surface area contributed by atoms with Crippen molar-refractivity contribution < 1.29 is 14.3 Å². The number of Topliss-reactive ketones (excluding diaryl/α,β-unsaturated/α-hetero) is 1.